The third-order valence-electron chi connectivity index (χ3n) is 4.01. The molecule has 2 aromatic carbocycles. The lowest BCUT2D eigenvalue weighted by Gasteiger charge is -2.11. The molecule has 0 aromatic heterocycles. The summed E-state index contributed by atoms with van der Waals surface area (Å²) in [7, 11) is 3.96. The molecule has 1 atom stereocenters. The molecule has 138 valence electrons. The van der Waals surface area contributed by atoms with Gasteiger partial charge in [-0.25, -0.2) is 0 Å². The van der Waals surface area contributed by atoms with E-state index in [4.69, 9.17) is 0 Å². The van der Waals surface area contributed by atoms with Crippen LogP contribution in [0.1, 0.15) is 22.3 Å². The number of hydrogen-bond donors (Lipinski definition) is 1. The van der Waals surface area contributed by atoms with Gasteiger partial charge in [-0.2, -0.15) is 5.10 Å². The Labute approximate surface area is 162 Å². The Morgan fingerprint density at radius 1 is 1.15 bits per heavy atom. The van der Waals surface area contributed by atoms with Crippen molar-refractivity contribution in [1.29, 1.82) is 0 Å². The molecule has 1 heterocycles. The number of thioether (sulfide) groups is 1. The Kier molecular flexibility index (Phi) is 6.03. The van der Waals surface area contributed by atoms with Gasteiger partial charge < -0.3 is 10.2 Å². The van der Waals surface area contributed by atoms with E-state index in [2.05, 4.69) is 15.5 Å². The van der Waals surface area contributed by atoms with Crippen LogP contribution in [0.5, 0.6) is 0 Å². The second-order valence-corrected chi connectivity index (χ2v) is 7.42. The molecule has 0 bridgehead atoms. The van der Waals surface area contributed by atoms with Gasteiger partial charge in [0.25, 0.3) is 0 Å². The SMILES string of the molecule is CN(C)c1ccc(C=N/N=C2\NC(=O)[C@@H](CC(=O)c3ccccc3)S2)cc1. The molecule has 6 nitrogen and oxygen atoms in total. The number of carbonyl (C=O) groups excluding carboxylic acids is 2. The number of amidine groups is 1. The lowest BCUT2D eigenvalue weighted by molar-refractivity contribution is -0.118. The van der Waals surface area contributed by atoms with Gasteiger partial charge in [-0.05, 0) is 17.7 Å². The predicted octanol–water partition coefficient (Wildman–Crippen LogP) is 2.95. The molecule has 0 spiro atoms. The first-order valence-electron chi connectivity index (χ1n) is 8.47. The summed E-state index contributed by atoms with van der Waals surface area (Å²) in [6.45, 7) is 0. The number of nitrogens with one attached hydrogen (secondary N) is 1. The van der Waals surface area contributed by atoms with Crippen molar-refractivity contribution >= 4 is 40.5 Å². The second kappa shape index (κ2) is 8.64. The predicted molar refractivity (Wildman–Crippen MR) is 111 cm³/mol. The van der Waals surface area contributed by atoms with E-state index >= 15 is 0 Å². The van der Waals surface area contributed by atoms with E-state index in [-0.39, 0.29) is 18.1 Å². The van der Waals surface area contributed by atoms with Crippen LogP contribution in [0.15, 0.2) is 64.8 Å². The quantitative estimate of drug-likeness (QED) is 0.475. The van der Waals surface area contributed by atoms with Crippen molar-refractivity contribution in [3.05, 3.63) is 65.7 Å². The van der Waals surface area contributed by atoms with Crippen LogP contribution < -0.4 is 10.2 Å². The molecule has 1 N–H and O–H groups in total. The van der Waals surface area contributed by atoms with Crippen LogP contribution in [-0.4, -0.2) is 42.4 Å². The van der Waals surface area contributed by atoms with Gasteiger partial charge in [-0.15, -0.1) is 5.10 Å². The van der Waals surface area contributed by atoms with Gasteiger partial charge in [0.15, 0.2) is 11.0 Å². The molecule has 1 saturated heterocycles. The third kappa shape index (κ3) is 5.04. The summed E-state index contributed by atoms with van der Waals surface area (Å²) < 4.78 is 0. The number of carbonyl (C=O) groups is 2. The minimum atomic E-state index is -0.481. The highest BCUT2D eigenvalue weighted by molar-refractivity contribution is 8.15. The van der Waals surface area contributed by atoms with Crippen molar-refractivity contribution in [3.63, 3.8) is 0 Å². The fourth-order valence-corrected chi connectivity index (χ4v) is 3.43. The monoisotopic (exact) mass is 380 g/mol. The number of benzene rings is 2. The summed E-state index contributed by atoms with van der Waals surface area (Å²) in [6, 6.07) is 16.8. The maximum absolute atomic E-state index is 12.3. The van der Waals surface area contributed by atoms with Crippen molar-refractivity contribution in [1.82, 2.24) is 5.32 Å². The minimum absolute atomic E-state index is 0.0611. The van der Waals surface area contributed by atoms with Crippen molar-refractivity contribution in [2.24, 2.45) is 10.2 Å². The Balaban J connectivity index is 1.58. The van der Waals surface area contributed by atoms with Gasteiger partial charge in [0, 0.05) is 31.8 Å². The van der Waals surface area contributed by atoms with Gasteiger partial charge >= 0.3 is 0 Å². The van der Waals surface area contributed by atoms with Gasteiger partial charge in [-0.3, -0.25) is 9.59 Å². The molecule has 1 aliphatic heterocycles. The number of anilines is 1. The molecule has 3 rings (SSSR count). The van der Waals surface area contributed by atoms with Gasteiger partial charge in [0.1, 0.15) is 0 Å². The fourth-order valence-electron chi connectivity index (χ4n) is 2.50. The van der Waals surface area contributed by atoms with E-state index in [0.717, 1.165) is 11.3 Å². The van der Waals surface area contributed by atoms with E-state index in [0.29, 0.717) is 10.7 Å². The van der Waals surface area contributed by atoms with Crippen LogP contribution in [-0.2, 0) is 4.79 Å². The van der Waals surface area contributed by atoms with Crippen LogP contribution in [0.25, 0.3) is 0 Å². The summed E-state index contributed by atoms with van der Waals surface area (Å²) in [4.78, 5) is 26.3. The summed E-state index contributed by atoms with van der Waals surface area (Å²) in [5, 5.41) is 10.7. The van der Waals surface area contributed by atoms with Gasteiger partial charge in [0.2, 0.25) is 5.91 Å². The van der Waals surface area contributed by atoms with E-state index in [1.807, 2.05) is 61.5 Å². The first kappa shape index (κ1) is 18.8. The Morgan fingerprint density at radius 3 is 2.52 bits per heavy atom. The molecular weight excluding hydrogens is 360 g/mol. The molecule has 1 amide bonds. The summed E-state index contributed by atoms with van der Waals surface area (Å²) in [6.07, 6.45) is 1.76. The zero-order valence-corrected chi connectivity index (χ0v) is 15.9. The van der Waals surface area contributed by atoms with Crippen molar-refractivity contribution in [3.8, 4) is 0 Å². The molecule has 0 radical (unpaired) electrons. The Hall–Kier alpha value is -2.93. The van der Waals surface area contributed by atoms with Crippen LogP contribution in [0.2, 0.25) is 0 Å². The standard InChI is InChI=1S/C20H20N4O2S/c1-24(2)16-10-8-14(9-11-16)13-21-23-20-22-19(26)18(27-20)12-17(25)15-6-4-3-5-7-15/h3-11,13,18H,12H2,1-2H3,(H,22,23,26)/t18-/m1/s1. The number of ketones is 1. The maximum atomic E-state index is 12.3. The van der Waals surface area contributed by atoms with Crippen LogP contribution in [0, 0.1) is 0 Å². The first-order valence-corrected chi connectivity index (χ1v) is 9.35. The molecule has 1 fully saturated rings. The average Bonchev–Trinajstić information content (AvgIpc) is 3.02. The van der Waals surface area contributed by atoms with Gasteiger partial charge in [-0.1, -0.05) is 54.2 Å². The number of amides is 1. The number of nitrogens with zero attached hydrogens (tertiary/aromatic N) is 3. The average molecular weight is 380 g/mol. The molecule has 0 saturated carbocycles. The Morgan fingerprint density at radius 2 is 1.85 bits per heavy atom. The molecule has 2 aromatic rings. The smallest absolute Gasteiger partial charge is 0.240 e. The lowest BCUT2D eigenvalue weighted by atomic mass is 10.1. The van der Waals surface area contributed by atoms with Crippen molar-refractivity contribution in [2.75, 3.05) is 19.0 Å². The second-order valence-electron chi connectivity index (χ2n) is 6.22. The van der Waals surface area contributed by atoms with Crippen LogP contribution in [0.4, 0.5) is 5.69 Å². The summed E-state index contributed by atoms with van der Waals surface area (Å²) in [5.41, 5.74) is 2.62. The highest BCUT2D eigenvalue weighted by Gasteiger charge is 2.32. The van der Waals surface area contributed by atoms with E-state index in [1.54, 1.807) is 18.3 Å². The minimum Gasteiger partial charge on any atom is -0.378 e. The topological polar surface area (TPSA) is 74.1 Å². The zero-order chi connectivity index (χ0) is 19.2. The first-order chi connectivity index (χ1) is 13.0. The van der Waals surface area contributed by atoms with Gasteiger partial charge in [0.05, 0.1) is 11.5 Å². The number of Topliss-reactive ketones (excluding diaryl/α,β-unsaturated/α-hetero) is 1. The number of rotatable bonds is 6. The largest absolute Gasteiger partial charge is 0.378 e. The fraction of sp³-hybridized carbons (Fsp3) is 0.200. The van der Waals surface area contributed by atoms with E-state index in [9.17, 15) is 9.59 Å². The van der Waals surface area contributed by atoms with E-state index in [1.165, 1.54) is 11.8 Å². The highest BCUT2D eigenvalue weighted by Crippen LogP contribution is 2.24. The lowest BCUT2D eigenvalue weighted by Crippen LogP contribution is -2.26. The molecule has 0 unspecified atom stereocenters. The normalized spacial score (nSPS) is 18.1. The summed E-state index contributed by atoms with van der Waals surface area (Å²) in [5.74, 6) is -0.275. The molecule has 7 heteroatoms. The molecule has 0 aliphatic carbocycles. The molecule has 1 aliphatic rings. The maximum Gasteiger partial charge on any atom is 0.240 e. The number of hydrogen-bond acceptors (Lipinski definition) is 6. The molecular formula is C20H20N4O2S. The highest BCUT2D eigenvalue weighted by atomic mass is 32.2. The third-order valence-corrected chi connectivity index (χ3v) is 5.08. The Bertz CT molecular complexity index is 877. The molecule has 27 heavy (non-hydrogen) atoms. The van der Waals surface area contributed by atoms with E-state index < -0.39 is 5.25 Å². The van der Waals surface area contributed by atoms with Crippen LogP contribution >= 0.6 is 11.8 Å². The van der Waals surface area contributed by atoms with Crippen molar-refractivity contribution < 1.29 is 9.59 Å². The van der Waals surface area contributed by atoms with Crippen LogP contribution in [0.3, 0.4) is 0 Å². The zero-order valence-electron chi connectivity index (χ0n) is 15.1. The van der Waals surface area contributed by atoms with Crippen molar-refractivity contribution in [2.45, 2.75) is 11.7 Å². The summed E-state index contributed by atoms with van der Waals surface area (Å²) >= 11 is 1.23.